The second kappa shape index (κ2) is 7.39. The molecule has 1 aliphatic rings. The summed E-state index contributed by atoms with van der Waals surface area (Å²) in [6, 6.07) is 12.5. The number of amides is 3. The fraction of sp³-hybridized carbons (Fsp3) is 0.250. The first-order valence-corrected chi connectivity index (χ1v) is 8.54. The lowest BCUT2D eigenvalue weighted by atomic mass is 10.1. The van der Waals surface area contributed by atoms with Crippen LogP contribution in [0, 0.1) is 13.8 Å². The Bertz CT molecular complexity index is 876. The maximum Gasteiger partial charge on any atom is 0.314 e. The van der Waals surface area contributed by atoms with E-state index in [-0.39, 0.29) is 5.91 Å². The van der Waals surface area contributed by atoms with E-state index in [1.807, 2.05) is 32.0 Å². The van der Waals surface area contributed by atoms with Gasteiger partial charge >= 0.3 is 11.8 Å². The molecule has 2 aromatic carbocycles. The Labute approximate surface area is 152 Å². The molecule has 3 amide bonds. The Hall–Kier alpha value is -3.15. The third-order valence-electron chi connectivity index (χ3n) is 4.55. The van der Waals surface area contributed by atoms with Crippen LogP contribution in [0.15, 0.2) is 42.5 Å². The number of aryl methyl sites for hydroxylation is 1. The SMILES string of the molecule is Cc1cccc(NC(=O)C(=O)Nc2cccc(N3CCCC3=O)c2)c1C. The van der Waals surface area contributed by atoms with Gasteiger partial charge in [0.25, 0.3) is 0 Å². The Morgan fingerprint density at radius 1 is 1.00 bits per heavy atom. The summed E-state index contributed by atoms with van der Waals surface area (Å²) in [5.41, 5.74) is 3.76. The van der Waals surface area contributed by atoms with E-state index in [9.17, 15) is 14.4 Å². The fourth-order valence-electron chi connectivity index (χ4n) is 2.93. The molecule has 0 saturated carbocycles. The third kappa shape index (κ3) is 3.74. The van der Waals surface area contributed by atoms with Crippen molar-refractivity contribution in [2.75, 3.05) is 22.1 Å². The molecule has 1 fully saturated rings. The van der Waals surface area contributed by atoms with Crippen LogP contribution >= 0.6 is 0 Å². The summed E-state index contributed by atoms with van der Waals surface area (Å²) in [6.45, 7) is 4.50. The van der Waals surface area contributed by atoms with E-state index in [0.29, 0.717) is 24.3 Å². The van der Waals surface area contributed by atoms with Gasteiger partial charge in [-0.3, -0.25) is 14.4 Å². The first-order chi connectivity index (χ1) is 12.5. The highest BCUT2D eigenvalue weighted by atomic mass is 16.2. The number of benzene rings is 2. The van der Waals surface area contributed by atoms with Gasteiger partial charge in [-0.25, -0.2) is 0 Å². The van der Waals surface area contributed by atoms with Gasteiger partial charge in [-0.1, -0.05) is 18.2 Å². The maximum atomic E-state index is 12.2. The number of hydrogen-bond donors (Lipinski definition) is 2. The standard InChI is InChI=1S/C20H21N3O3/c1-13-6-3-9-17(14(13)2)22-20(26)19(25)21-15-7-4-8-16(12-15)23-11-5-10-18(23)24/h3-4,6-9,12H,5,10-11H2,1-2H3,(H,21,25)(H,22,26). The molecule has 0 radical (unpaired) electrons. The molecule has 26 heavy (non-hydrogen) atoms. The molecule has 0 aromatic heterocycles. The van der Waals surface area contributed by atoms with Crippen LogP contribution in [0.2, 0.25) is 0 Å². The predicted molar refractivity (Wildman–Crippen MR) is 101 cm³/mol. The van der Waals surface area contributed by atoms with E-state index in [1.165, 1.54) is 0 Å². The largest absolute Gasteiger partial charge is 0.318 e. The maximum absolute atomic E-state index is 12.2. The van der Waals surface area contributed by atoms with Crippen LogP contribution in [0.3, 0.4) is 0 Å². The van der Waals surface area contributed by atoms with Crippen molar-refractivity contribution >= 4 is 34.8 Å². The lowest BCUT2D eigenvalue weighted by Gasteiger charge is -2.16. The summed E-state index contributed by atoms with van der Waals surface area (Å²) in [7, 11) is 0. The average molecular weight is 351 g/mol. The van der Waals surface area contributed by atoms with E-state index in [0.717, 1.165) is 23.2 Å². The summed E-state index contributed by atoms with van der Waals surface area (Å²) in [4.78, 5) is 37.9. The van der Waals surface area contributed by atoms with Gasteiger partial charge in [0.15, 0.2) is 0 Å². The molecule has 6 heteroatoms. The number of carbonyl (C=O) groups excluding carboxylic acids is 3. The second-order valence-electron chi connectivity index (χ2n) is 6.35. The van der Waals surface area contributed by atoms with E-state index < -0.39 is 11.8 Å². The number of nitrogens with one attached hydrogen (secondary N) is 2. The van der Waals surface area contributed by atoms with Crippen molar-refractivity contribution < 1.29 is 14.4 Å². The second-order valence-corrected chi connectivity index (χ2v) is 6.35. The van der Waals surface area contributed by atoms with E-state index in [2.05, 4.69) is 10.6 Å². The van der Waals surface area contributed by atoms with Gasteiger partial charge in [-0.15, -0.1) is 0 Å². The molecule has 0 aliphatic carbocycles. The summed E-state index contributed by atoms with van der Waals surface area (Å²) >= 11 is 0. The molecule has 6 nitrogen and oxygen atoms in total. The molecule has 3 rings (SSSR count). The van der Waals surface area contributed by atoms with Crippen molar-refractivity contribution in [3.63, 3.8) is 0 Å². The number of nitrogens with zero attached hydrogens (tertiary/aromatic N) is 1. The Kier molecular flexibility index (Phi) is 5.02. The molecule has 0 atom stereocenters. The van der Waals surface area contributed by atoms with Crippen LogP contribution in [-0.4, -0.2) is 24.3 Å². The number of rotatable bonds is 3. The molecular weight excluding hydrogens is 330 g/mol. The van der Waals surface area contributed by atoms with Gasteiger partial charge in [0, 0.05) is 30.0 Å². The van der Waals surface area contributed by atoms with Crippen molar-refractivity contribution in [1.29, 1.82) is 0 Å². The van der Waals surface area contributed by atoms with Gasteiger partial charge < -0.3 is 15.5 Å². The highest BCUT2D eigenvalue weighted by Crippen LogP contribution is 2.24. The fourth-order valence-corrected chi connectivity index (χ4v) is 2.93. The molecule has 1 saturated heterocycles. The minimum absolute atomic E-state index is 0.0705. The molecule has 0 spiro atoms. The molecule has 2 N–H and O–H groups in total. The Morgan fingerprint density at radius 3 is 2.46 bits per heavy atom. The van der Waals surface area contributed by atoms with Gasteiger partial charge in [-0.2, -0.15) is 0 Å². The molecular formula is C20H21N3O3. The molecule has 0 bridgehead atoms. The van der Waals surface area contributed by atoms with Crippen LogP contribution in [0.4, 0.5) is 17.1 Å². The van der Waals surface area contributed by atoms with Crippen molar-refractivity contribution in [2.24, 2.45) is 0 Å². The zero-order valence-corrected chi connectivity index (χ0v) is 14.8. The van der Waals surface area contributed by atoms with Crippen LogP contribution in [0.5, 0.6) is 0 Å². The van der Waals surface area contributed by atoms with Gasteiger partial charge in [-0.05, 0) is 55.7 Å². The van der Waals surface area contributed by atoms with Gasteiger partial charge in [0.1, 0.15) is 0 Å². The van der Waals surface area contributed by atoms with Crippen molar-refractivity contribution in [1.82, 2.24) is 0 Å². The average Bonchev–Trinajstić information content (AvgIpc) is 3.05. The Morgan fingerprint density at radius 2 is 1.73 bits per heavy atom. The lowest BCUT2D eigenvalue weighted by molar-refractivity contribution is -0.133. The van der Waals surface area contributed by atoms with E-state index in [4.69, 9.17) is 0 Å². The molecule has 2 aromatic rings. The van der Waals surface area contributed by atoms with E-state index in [1.54, 1.807) is 29.2 Å². The number of carbonyl (C=O) groups is 3. The van der Waals surface area contributed by atoms with Crippen molar-refractivity contribution in [3.05, 3.63) is 53.6 Å². The summed E-state index contributed by atoms with van der Waals surface area (Å²) < 4.78 is 0. The summed E-state index contributed by atoms with van der Waals surface area (Å²) in [5, 5.41) is 5.22. The van der Waals surface area contributed by atoms with Crippen molar-refractivity contribution in [3.8, 4) is 0 Å². The highest BCUT2D eigenvalue weighted by molar-refractivity contribution is 6.43. The van der Waals surface area contributed by atoms with Gasteiger partial charge in [0.2, 0.25) is 5.91 Å². The summed E-state index contributed by atoms with van der Waals surface area (Å²) in [6.07, 6.45) is 1.36. The quantitative estimate of drug-likeness (QED) is 0.835. The number of anilines is 3. The molecule has 134 valence electrons. The van der Waals surface area contributed by atoms with Crippen molar-refractivity contribution in [2.45, 2.75) is 26.7 Å². The monoisotopic (exact) mass is 351 g/mol. The lowest BCUT2D eigenvalue weighted by Crippen LogP contribution is -2.29. The topological polar surface area (TPSA) is 78.5 Å². The first kappa shape index (κ1) is 17.7. The van der Waals surface area contributed by atoms with Crippen LogP contribution in [0.25, 0.3) is 0 Å². The van der Waals surface area contributed by atoms with Gasteiger partial charge in [0.05, 0.1) is 0 Å². The minimum atomic E-state index is -0.754. The first-order valence-electron chi connectivity index (χ1n) is 8.54. The van der Waals surface area contributed by atoms with E-state index >= 15 is 0 Å². The predicted octanol–water partition coefficient (Wildman–Crippen LogP) is 3.01. The van der Waals surface area contributed by atoms with Crippen LogP contribution in [-0.2, 0) is 14.4 Å². The third-order valence-corrected chi connectivity index (χ3v) is 4.55. The smallest absolute Gasteiger partial charge is 0.314 e. The van der Waals surface area contributed by atoms with Crippen LogP contribution < -0.4 is 15.5 Å². The number of hydrogen-bond acceptors (Lipinski definition) is 3. The highest BCUT2D eigenvalue weighted by Gasteiger charge is 2.22. The molecule has 1 heterocycles. The van der Waals surface area contributed by atoms with Crippen LogP contribution in [0.1, 0.15) is 24.0 Å². The molecule has 1 aliphatic heterocycles. The Balaban J connectivity index is 1.68. The molecule has 0 unspecified atom stereocenters. The minimum Gasteiger partial charge on any atom is -0.318 e. The summed E-state index contributed by atoms with van der Waals surface area (Å²) in [5.74, 6) is -1.42. The zero-order valence-electron chi connectivity index (χ0n) is 14.8. The normalized spacial score (nSPS) is 13.6. The zero-order chi connectivity index (χ0) is 18.7.